The molecule has 5 aliphatic carbocycles. The minimum absolute atomic E-state index is 0.0412. The summed E-state index contributed by atoms with van der Waals surface area (Å²) in [4.78, 5) is 122. The van der Waals surface area contributed by atoms with Crippen molar-refractivity contribution in [2.24, 2.45) is 41.1 Å². The molecule has 14 atom stereocenters. The van der Waals surface area contributed by atoms with Crippen LogP contribution in [-0.4, -0.2) is 190 Å². The van der Waals surface area contributed by atoms with Gasteiger partial charge in [-0.1, -0.05) is 100 Å². The molecule has 4 saturated carbocycles. The van der Waals surface area contributed by atoms with Gasteiger partial charge in [-0.2, -0.15) is 0 Å². The number of rotatable bonds is 25. The molecule has 6 aliphatic heterocycles. The lowest BCUT2D eigenvalue weighted by Gasteiger charge is -2.54. The van der Waals surface area contributed by atoms with Gasteiger partial charge >= 0.3 is 0 Å². The highest BCUT2D eigenvalue weighted by Crippen LogP contribution is 2.56. The molecule has 5 aromatic rings. The van der Waals surface area contributed by atoms with Crippen LogP contribution in [0.15, 0.2) is 72.8 Å². The first-order valence-corrected chi connectivity index (χ1v) is 42.4. The number of fused-ring (bicyclic) bond motifs is 12. The Labute approximate surface area is 690 Å². The maximum absolute atomic E-state index is 16.4. The van der Waals surface area contributed by atoms with Crippen LogP contribution >= 0.6 is 23.2 Å². The molecule has 5 fully saturated rings. The molecule has 0 unspecified atom stereocenters. The first-order valence-electron chi connectivity index (χ1n) is 40.0. The number of unbranched alkanes of at least 4 members (excludes halogenated alkanes) is 5. The summed E-state index contributed by atoms with van der Waals surface area (Å²) in [6.45, 7) is 4.70. The van der Waals surface area contributed by atoms with Gasteiger partial charge in [-0.15, -0.1) is 0 Å². The van der Waals surface area contributed by atoms with E-state index < -0.39 is 201 Å². The van der Waals surface area contributed by atoms with Crippen LogP contribution in [0.2, 0.25) is 10.0 Å². The number of phenolic OH excluding ortho intramolecular Hbond substituents is 1. The van der Waals surface area contributed by atoms with Crippen LogP contribution in [-0.2, 0) is 65.4 Å². The van der Waals surface area contributed by atoms with Gasteiger partial charge in [0, 0.05) is 48.9 Å². The summed E-state index contributed by atoms with van der Waals surface area (Å²) >= 11 is 14.3. The smallest absolute Gasteiger partial charge is 0.248 e. The van der Waals surface area contributed by atoms with Gasteiger partial charge < -0.3 is 119 Å². The van der Waals surface area contributed by atoms with E-state index in [-0.39, 0.29) is 116 Å². The molecule has 11 aliphatic rings. The van der Waals surface area contributed by atoms with Crippen LogP contribution < -0.4 is 78.3 Å². The van der Waals surface area contributed by atoms with Gasteiger partial charge in [0.05, 0.1) is 28.3 Å². The van der Waals surface area contributed by atoms with Gasteiger partial charge in [-0.05, 0) is 169 Å². The molecule has 34 nitrogen and oxygen atoms in total. The molecular weight excluding hydrogens is 1600 g/mol. The van der Waals surface area contributed by atoms with E-state index in [1.54, 1.807) is 0 Å². The summed E-state index contributed by atoms with van der Waals surface area (Å²) in [5.41, 5.74) is 9.36. The molecule has 8 amide bonds. The molecule has 5 aromatic carbocycles. The zero-order chi connectivity index (χ0) is 84.7. The zero-order valence-electron chi connectivity index (χ0n) is 65.3. The summed E-state index contributed by atoms with van der Waals surface area (Å²) in [5, 5.41) is 121. The second-order valence-electron chi connectivity index (χ2n) is 32.5. The summed E-state index contributed by atoms with van der Waals surface area (Å²) in [7, 11) is -2.25. The Morgan fingerprint density at radius 2 is 1.29 bits per heavy atom. The number of amides is 8. The number of benzene rings is 5. The molecule has 638 valence electrons. The van der Waals surface area contributed by atoms with Crippen LogP contribution in [0.25, 0.3) is 11.1 Å². The summed E-state index contributed by atoms with van der Waals surface area (Å²) in [5.74, 6) is -14.9. The van der Waals surface area contributed by atoms with Gasteiger partial charge in [0.1, 0.15) is 90.1 Å². The molecule has 22 N–H and O–H groups in total. The van der Waals surface area contributed by atoms with Crippen molar-refractivity contribution in [3.8, 4) is 45.6 Å². The highest BCUT2D eigenvalue weighted by molar-refractivity contribution is 7.89. The Kier molecular flexibility index (Phi) is 26.7. The zero-order valence-corrected chi connectivity index (χ0v) is 67.6. The molecule has 0 spiro atoms. The third kappa shape index (κ3) is 18.4. The standard InChI is InChI=1S/C81H102Cl2N12O22S/c1-5-6-7-8-9-10-19-118(112,113)88-18-17-87-34-46-52(96)31-45-59-44-26-38(11-14-47(44)81(110,111)60(46)59)62-75(105)95-66(79(109)93-64(45)77(107)90-61-41-22-36-21-37(24-41)25-42(61)23-36)68(99)40-13-16-54(49(83)28-40)115-56-30-43-29-55(72(56)117-80-71(102)70(101)69(100)57(33-84)116-80)114-53-15-12-39(27-48(53)82)67(98)65(94-73(103)50(86-4)20-35(2)3)78(108)89-51(32-58(85)97)74(104)91-63(43)76(106)92-62/h11-16,26-31,35-37,41-42,50-51,57,61-71,80,86-88,96,98-102,110-111H,5-10,17-25,32-34,84H2,1-4H3,(H2,85,97)(H,89,108)(H,90,107)(H,91,104)(H,92,106)(H,93,109)(H,94,103)(H,95,105)/t36?,37?,41?,42?,50-,51+,57-,61?,62-,63-,64+,65-,66+,67-,68-,69-,70+,71-,80+/m1/s1. The predicted octanol–water partition coefficient (Wildman–Crippen LogP) is 2.15. The van der Waals surface area contributed by atoms with Crippen molar-refractivity contribution in [3.63, 3.8) is 0 Å². The maximum Gasteiger partial charge on any atom is 0.248 e. The number of aromatic hydroxyl groups is 1. The highest BCUT2D eigenvalue weighted by atomic mass is 35.5. The van der Waals surface area contributed by atoms with Crippen LogP contribution in [0.3, 0.4) is 0 Å². The molecule has 37 heteroatoms. The quantitative estimate of drug-likeness (QED) is 0.0294. The number of hydrogen-bond acceptors (Lipinski definition) is 25. The van der Waals surface area contributed by atoms with E-state index in [1.165, 1.54) is 55.6 Å². The summed E-state index contributed by atoms with van der Waals surface area (Å²) in [6, 6.07) is -0.0178. The number of sulfonamides is 1. The van der Waals surface area contributed by atoms with E-state index in [9.17, 15) is 63.7 Å². The first-order chi connectivity index (χ1) is 56.1. The maximum atomic E-state index is 16.4. The fourth-order valence-electron chi connectivity index (χ4n) is 18.0. The fourth-order valence-corrected chi connectivity index (χ4v) is 19.6. The topological polar surface area (TPSA) is 542 Å². The van der Waals surface area contributed by atoms with Gasteiger partial charge in [0.2, 0.25) is 75.1 Å². The molecule has 16 rings (SSSR count). The second-order valence-corrected chi connectivity index (χ2v) is 35.2. The Bertz CT molecular complexity index is 4780. The van der Waals surface area contributed by atoms with E-state index in [0.29, 0.717) is 18.3 Å². The Morgan fingerprint density at radius 1 is 0.678 bits per heavy atom. The summed E-state index contributed by atoms with van der Waals surface area (Å²) < 4.78 is 54.5. The minimum Gasteiger partial charge on any atom is -0.508 e. The molecular formula is C81H102Cl2N12O22S. The van der Waals surface area contributed by atoms with Gasteiger partial charge in [0.15, 0.2) is 11.5 Å². The Balaban J connectivity index is 0.984. The number of aliphatic hydroxyl groups is 7. The Morgan fingerprint density at radius 3 is 1.91 bits per heavy atom. The van der Waals surface area contributed by atoms with Gasteiger partial charge in [-0.3, -0.25) is 38.4 Å². The van der Waals surface area contributed by atoms with Crippen molar-refractivity contribution in [2.75, 3.05) is 32.4 Å². The van der Waals surface area contributed by atoms with Crippen molar-refractivity contribution in [1.82, 2.24) is 52.6 Å². The van der Waals surface area contributed by atoms with Crippen molar-refractivity contribution in [1.29, 1.82) is 0 Å². The predicted molar refractivity (Wildman–Crippen MR) is 425 cm³/mol. The minimum atomic E-state index is -3.74. The average molecular weight is 1700 g/mol. The van der Waals surface area contributed by atoms with Crippen molar-refractivity contribution >= 4 is 80.5 Å². The third-order valence-electron chi connectivity index (χ3n) is 23.7. The highest BCUT2D eigenvalue weighted by Gasteiger charge is 2.53. The van der Waals surface area contributed by atoms with Crippen LogP contribution in [0.1, 0.15) is 179 Å². The molecule has 0 aromatic heterocycles. The van der Waals surface area contributed by atoms with Crippen LogP contribution in [0.4, 0.5) is 0 Å². The molecule has 6 heterocycles. The number of likely N-dealkylation sites (N-methyl/N-ethyl adjacent to an activating group) is 1. The van der Waals surface area contributed by atoms with E-state index in [0.717, 1.165) is 88.5 Å². The number of halogens is 2. The number of nitrogens with one attached hydrogen (secondary N) is 10. The number of primary amides is 1. The lowest BCUT2D eigenvalue weighted by molar-refractivity contribution is -0.270. The number of carbonyl (C=O) groups excluding carboxylic acids is 8. The lowest BCUT2D eigenvalue weighted by Crippen LogP contribution is -2.60. The van der Waals surface area contributed by atoms with Crippen molar-refractivity contribution in [2.45, 2.75) is 208 Å². The van der Waals surface area contributed by atoms with E-state index in [1.807, 2.05) is 13.8 Å². The van der Waals surface area contributed by atoms with E-state index in [4.69, 9.17) is 53.6 Å². The van der Waals surface area contributed by atoms with E-state index in [2.05, 4.69) is 59.5 Å². The first kappa shape index (κ1) is 86.9. The normalized spacial score (nSPS) is 28.5. The SMILES string of the molecule is CCCCCCCCS(=O)(=O)NCCNCc1c(O)cc2c3c1C(O)(O)c1ccc(cc1-3)[C@H]1NC(=O)[C@@H]3NC(=O)[C@H](CC(N)=O)NC(=O)[C@H](NC(=O)[C@@H](CC(C)C)NC)[C@H](O)c4ccc(c(Cl)c4)Oc4cc3cc(c4O[C@@H]3O[C@H](CN)[C@@H](O)[C@H](O)[C@H]3O)Oc3ccc(cc3Cl)[C@@H](O)[C@H](NC1=O)C(=O)N[C@@H]2C(=O)NC1C2CC3CC(C2)CC1C3. The number of carbonyl (C=O) groups is 8. The number of ether oxygens (including phenoxy) is 4. The van der Waals surface area contributed by atoms with E-state index >= 15 is 24.0 Å². The summed E-state index contributed by atoms with van der Waals surface area (Å²) in [6.07, 6.45) is -4.93. The number of phenols is 1. The second kappa shape index (κ2) is 36.2. The largest absolute Gasteiger partial charge is 0.508 e. The van der Waals surface area contributed by atoms with Crippen molar-refractivity contribution < 1.29 is 107 Å². The molecule has 1 saturated heterocycles. The molecule has 118 heavy (non-hydrogen) atoms. The third-order valence-corrected chi connectivity index (χ3v) is 25.8. The van der Waals surface area contributed by atoms with Gasteiger partial charge in [-0.25, -0.2) is 13.1 Å². The number of nitrogens with two attached hydrogens (primary N) is 2. The Hall–Kier alpha value is -8.89. The van der Waals surface area contributed by atoms with Crippen LogP contribution in [0.5, 0.6) is 34.5 Å². The lowest BCUT2D eigenvalue weighted by atomic mass is 9.54. The number of hydrogen-bond donors (Lipinski definition) is 20. The molecule has 15 bridgehead atoms. The molecule has 0 radical (unpaired) electrons. The van der Waals surface area contributed by atoms with Crippen molar-refractivity contribution in [3.05, 3.63) is 127 Å². The van der Waals surface area contributed by atoms with Gasteiger partial charge in [0.25, 0.3) is 0 Å². The van der Waals surface area contributed by atoms with Crippen LogP contribution in [0, 0.1) is 29.6 Å². The fraction of sp³-hybridized carbons (Fsp3) is 0.531. The average Bonchev–Trinajstić information content (AvgIpc) is 1.54. The number of aliphatic hydroxyl groups excluding tert-OH is 5. The monoisotopic (exact) mass is 1700 g/mol.